The highest BCUT2D eigenvalue weighted by Crippen LogP contribution is 2.42. The standard InChI is InChI=1S/C17H17F3N4O3S2/c18-17(19,20)15-22-23-16(28-15)21-14(25)12-8-10-6-7-13(12)24(9-10)29(26,27)11-4-2-1-3-5-11/h1-5,10,12-13H,6-9H2,(H,21,23,25)/t10-,12+,13+/m0/s1. The van der Waals surface area contributed by atoms with Crippen molar-refractivity contribution in [1.82, 2.24) is 14.5 Å². The van der Waals surface area contributed by atoms with E-state index in [1.165, 1.54) is 16.4 Å². The van der Waals surface area contributed by atoms with E-state index in [0.29, 0.717) is 19.4 Å². The summed E-state index contributed by atoms with van der Waals surface area (Å²) in [6, 6.07) is 7.45. The summed E-state index contributed by atoms with van der Waals surface area (Å²) in [7, 11) is -3.77. The molecule has 2 aliphatic heterocycles. The molecule has 7 nitrogen and oxygen atoms in total. The van der Waals surface area contributed by atoms with Crippen LogP contribution in [0.3, 0.4) is 0 Å². The fourth-order valence-corrected chi connectivity index (χ4v) is 6.42. The summed E-state index contributed by atoms with van der Waals surface area (Å²) in [6.07, 6.45) is -2.81. The summed E-state index contributed by atoms with van der Waals surface area (Å²) in [5, 5.41) is 7.42. The molecule has 0 spiro atoms. The molecule has 5 rings (SSSR count). The SMILES string of the molecule is O=C(Nc1nnc(C(F)(F)F)s1)[C@@H]1C[C@@H]2CC[C@H]1N(S(=O)(=O)c1ccccc1)C2. The molecule has 12 heteroatoms. The number of benzene rings is 1. The molecule has 2 aromatic rings. The number of carbonyl (C=O) groups excluding carboxylic acids is 1. The third-order valence-electron chi connectivity index (χ3n) is 5.31. The van der Waals surface area contributed by atoms with E-state index < -0.39 is 39.1 Å². The number of rotatable bonds is 4. The summed E-state index contributed by atoms with van der Waals surface area (Å²) >= 11 is 0.244. The number of aromatic nitrogens is 2. The number of hydrogen-bond acceptors (Lipinski definition) is 6. The van der Waals surface area contributed by atoms with Gasteiger partial charge in [-0.15, -0.1) is 10.2 Å². The molecule has 3 aliphatic rings. The molecule has 1 aromatic heterocycles. The van der Waals surface area contributed by atoms with Gasteiger partial charge < -0.3 is 5.32 Å². The maximum atomic E-state index is 13.1. The minimum Gasteiger partial charge on any atom is -0.300 e. The maximum Gasteiger partial charge on any atom is 0.445 e. The molecular weight excluding hydrogens is 429 g/mol. The third-order valence-corrected chi connectivity index (χ3v) is 8.10. The molecule has 1 N–H and O–H groups in total. The average Bonchev–Trinajstić information content (AvgIpc) is 3.18. The molecule has 0 unspecified atom stereocenters. The molecule has 3 atom stereocenters. The Morgan fingerprint density at radius 2 is 1.90 bits per heavy atom. The van der Waals surface area contributed by atoms with Gasteiger partial charge in [-0.05, 0) is 37.3 Å². The fraction of sp³-hybridized carbons (Fsp3) is 0.471. The van der Waals surface area contributed by atoms with Crippen molar-refractivity contribution in [3.05, 3.63) is 35.3 Å². The predicted molar refractivity (Wildman–Crippen MR) is 98.5 cm³/mol. The number of nitrogens with zero attached hydrogens (tertiary/aromatic N) is 3. The van der Waals surface area contributed by atoms with Crippen LogP contribution in [0, 0.1) is 11.8 Å². The first-order chi connectivity index (χ1) is 13.7. The molecule has 2 saturated heterocycles. The van der Waals surface area contributed by atoms with Gasteiger partial charge in [-0.3, -0.25) is 4.79 Å². The van der Waals surface area contributed by atoms with Gasteiger partial charge in [-0.2, -0.15) is 17.5 Å². The molecule has 0 radical (unpaired) electrons. The van der Waals surface area contributed by atoms with Gasteiger partial charge in [0.2, 0.25) is 26.1 Å². The summed E-state index contributed by atoms with van der Waals surface area (Å²) in [6.45, 7) is 0.336. The van der Waals surface area contributed by atoms with Gasteiger partial charge in [0.25, 0.3) is 0 Å². The summed E-state index contributed by atoms with van der Waals surface area (Å²) in [5.74, 6) is -1.16. The minimum atomic E-state index is -4.63. The lowest BCUT2D eigenvalue weighted by atomic mass is 9.73. The number of alkyl halides is 3. The van der Waals surface area contributed by atoms with Gasteiger partial charge in [0.1, 0.15) is 0 Å². The Kier molecular flexibility index (Phi) is 5.11. The van der Waals surface area contributed by atoms with E-state index in [1.807, 2.05) is 0 Å². The Labute approximate surface area is 169 Å². The summed E-state index contributed by atoms with van der Waals surface area (Å²) in [4.78, 5) is 12.9. The van der Waals surface area contributed by atoms with Crippen LogP contribution in [-0.4, -0.2) is 41.4 Å². The number of fused-ring (bicyclic) bond motifs is 3. The lowest BCUT2D eigenvalue weighted by Gasteiger charge is -2.48. The Hall–Kier alpha value is -2.05. The Bertz CT molecular complexity index is 1010. The van der Waals surface area contributed by atoms with Gasteiger partial charge in [0.05, 0.1) is 10.8 Å². The van der Waals surface area contributed by atoms with Crippen molar-refractivity contribution in [2.45, 2.75) is 36.4 Å². The number of hydrogen-bond donors (Lipinski definition) is 1. The van der Waals surface area contributed by atoms with Crippen molar-refractivity contribution in [3.63, 3.8) is 0 Å². The van der Waals surface area contributed by atoms with Crippen LogP contribution in [0.1, 0.15) is 24.3 Å². The Morgan fingerprint density at radius 1 is 1.17 bits per heavy atom. The fourth-order valence-electron chi connectivity index (χ4n) is 4.01. The van der Waals surface area contributed by atoms with E-state index in [0.717, 1.165) is 6.42 Å². The summed E-state index contributed by atoms with van der Waals surface area (Å²) < 4.78 is 65.5. The Morgan fingerprint density at radius 3 is 2.52 bits per heavy atom. The van der Waals surface area contributed by atoms with Crippen LogP contribution in [0.4, 0.5) is 18.3 Å². The van der Waals surface area contributed by atoms with Crippen LogP contribution in [0.25, 0.3) is 0 Å². The number of halogens is 3. The van der Waals surface area contributed by atoms with Crippen molar-refractivity contribution in [2.24, 2.45) is 11.8 Å². The smallest absolute Gasteiger partial charge is 0.300 e. The quantitative estimate of drug-likeness (QED) is 0.780. The van der Waals surface area contributed by atoms with E-state index in [9.17, 15) is 26.4 Å². The molecule has 156 valence electrons. The number of sulfonamides is 1. The number of piperidine rings is 2. The van der Waals surface area contributed by atoms with Gasteiger partial charge in [0.15, 0.2) is 0 Å². The first-order valence-corrected chi connectivity index (χ1v) is 11.2. The van der Waals surface area contributed by atoms with Crippen LogP contribution >= 0.6 is 11.3 Å². The molecule has 1 aliphatic carbocycles. The first-order valence-electron chi connectivity index (χ1n) is 8.94. The normalized spacial score (nSPS) is 25.1. The molecular formula is C17H17F3N4O3S2. The van der Waals surface area contributed by atoms with Crippen molar-refractivity contribution >= 4 is 32.4 Å². The number of nitrogens with one attached hydrogen (secondary N) is 1. The third kappa shape index (κ3) is 3.88. The molecule has 1 saturated carbocycles. The molecule has 3 heterocycles. The van der Waals surface area contributed by atoms with Crippen LogP contribution in [0.5, 0.6) is 0 Å². The second kappa shape index (κ2) is 7.33. The van der Waals surface area contributed by atoms with Gasteiger partial charge in [-0.25, -0.2) is 8.42 Å². The molecule has 3 fully saturated rings. The van der Waals surface area contributed by atoms with Crippen LogP contribution < -0.4 is 5.32 Å². The number of carbonyl (C=O) groups is 1. The molecule has 2 bridgehead atoms. The molecule has 29 heavy (non-hydrogen) atoms. The van der Waals surface area contributed by atoms with E-state index in [4.69, 9.17) is 0 Å². The lowest BCUT2D eigenvalue weighted by molar-refractivity contribution is -0.138. The predicted octanol–water partition coefficient (Wildman–Crippen LogP) is 2.98. The molecule has 1 aromatic carbocycles. The zero-order valence-electron chi connectivity index (χ0n) is 15.0. The van der Waals surface area contributed by atoms with Gasteiger partial charge >= 0.3 is 6.18 Å². The second-order valence-electron chi connectivity index (χ2n) is 7.14. The summed E-state index contributed by atoms with van der Waals surface area (Å²) in [5.41, 5.74) is 0. The van der Waals surface area contributed by atoms with Crippen molar-refractivity contribution in [2.75, 3.05) is 11.9 Å². The monoisotopic (exact) mass is 446 g/mol. The number of anilines is 1. The highest BCUT2D eigenvalue weighted by molar-refractivity contribution is 7.89. The Balaban J connectivity index is 1.54. The zero-order chi connectivity index (χ0) is 20.8. The highest BCUT2D eigenvalue weighted by atomic mass is 32.2. The van der Waals surface area contributed by atoms with E-state index in [2.05, 4.69) is 15.5 Å². The van der Waals surface area contributed by atoms with Crippen molar-refractivity contribution in [1.29, 1.82) is 0 Å². The largest absolute Gasteiger partial charge is 0.445 e. The minimum absolute atomic E-state index is 0.0226. The topological polar surface area (TPSA) is 92.3 Å². The van der Waals surface area contributed by atoms with Crippen molar-refractivity contribution in [3.8, 4) is 0 Å². The van der Waals surface area contributed by atoms with Crippen LogP contribution in [-0.2, 0) is 21.0 Å². The van der Waals surface area contributed by atoms with Gasteiger partial charge in [0, 0.05) is 12.6 Å². The van der Waals surface area contributed by atoms with E-state index >= 15 is 0 Å². The molecule has 1 amide bonds. The van der Waals surface area contributed by atoms with E-state index in [1.54, 1.807) is 18.2 Å². The number of amides is 1. The van der Waals surface area contributed by atoms with Gasteiger partial charge in [-0.1, -0.05) is 29.5 Å². The van der Waals surface area contributed by atoms with E-state index in [-0.39, 0.29) is 27.3 Å². The first kappa shape index (κ1) is 20.2. The highest BCUT2D eigenvalue weighted by Gasteiger charge is 2.48. The second-order valence-corrected chi connectivity index (χ2v) is 10.0. The zero-order valence-corrected chi connectivity index (χ0v) is 16.6. The van der Waals surface area contributed by atoms with Crippen molar-refractivity contribution < 1.29 is 26.4 Å². The van der Waals surface area contributed by atoms with Crippen LogP contribution in [0.15, 0.2) is 35.2 Å². The lowest BCUT2D eigenvalue weighted by Crippen LogP contribution is -2.57. The van der Waals surface area contributed by atoms with Crippen LogP contribution in [0.2, 0.25) is 0 Å². The average molecular weight is 446 g/mol. The maximum absolute atomic E-state index is 13.1.